The second-order valence-electron chi connectivity index (χ2n) is 5.39. The van der Waals surface area contributed by atoms with Crippen LogP contribution in [-0.2, 0) is 9.53 Å². The van der Waals surface area contributed by atoms with Gasteiger partial charge in [-0.1, -0.05) is 36.4 Å². The van der Waals surface area contributed by atoms with Gasteiger partial charge in [-0.15, -0.1) is 0 Å². The van der Waals surface area contributed by atoms with Crippen molar-refractivity contribution in [1.29, 1.82) is 0 Å². The van der Waals surface area contributed by atoms with Crippen LogP contribution in [0.2, 0.25) is 0 Å². The van der Waals surface area contributed by atoms with Crippen LogP contribution in [0.1, 0.15) is 6.92 Å². The first-order chi connectivity index (χ1) is 10.2. The van der Waals surface area contributed by atoms with Crippen molar-refractivity contribution in [3.8, 4) is 0 Å². The fraction of sp³-hybridized carbons (Fsp3) is 0.353. The molecule has 2 aromatic rings. The van der Waals surface area contributed by atoms with Gasteiger partial charge in [0.1, 0.15) is 0 Å². The molecule has 2 atom stereocenters. The van der Waals surface area contributed by atoms with Gasteiger partial charge in [0, 0.05) is 18.0 Å². The van der Waals surface area contributed by atoms with Crippen LogP contribution in [0.3, 0.4) is 0 Å². The molecule has 1 aliphatic rings. The fourth-order valence-corrected chi connectivity index (χ4v) is 2.91. The summed E-state index contributed by atoms with van der Waals surface area (Å²) in [6.07, 6.45) is 0. The van der Waals surface area contributed by atoms with Crippen molar-refractivity contribution >= 4 is 22.4 Å². The standard InChI is InChI=1S/C17H20N2O2/c1-2-19(17(20)14-10-21-11-15(14)18)16-9-5-7-12-6-3-4-8-13(12)16/h3-9,14-15H,2,10-11,18H2,1H3. The normalized spacial score (nSPS) is 21.6. The van der Waals surface area contributed by atoms with Gasteiger partial charge in [0.2, 0.25) is 5.91 Å². The smallest absolute Gasteiger partial charge is 0.234 e. The number of ether oxygens (including phenoxy) is 1. The monoisotopic (exact) mass is 284 g/mol. The van der Waals surface area contributed by atoms with E-state index in [0.29, 0.717) is 19.8 Å². The number of amides is 1. The average molecular weight is 284 g/mol. The molecule has 1 amide bonds. The SMILES string of the molecule is CCN(C(=O)C1COCC1N)c1cccc2ccccc12. The number of hydrogen-bond acceptors (Lipinski definition) is 3. The largest absolute Gasteiger partial charge is 0.379 e. The van der Waals surface area contributed by atoms with Crippen molar-refractivity contribution in [3.05, 3.63) is 42.5 Å². The summed E-state index contributed by atoms with van der Waals surface area (Å²) in [5.41, 5.74) is 6.93. The Morgan fingerprint density at radius 2 is 2.00 bits per heavy atom. The molecule has 2 unspecified atom stereocenters. The van der Waals surface area contributed by atoms with Crippen molar-refractivity contribution in [3.63, 3.8) is 0 Å². The zero-order valence-electron chi connectivity index (χ0n) is 12.2. The summed E-state index contributed by atoms with van der Waals surface area (Å²) in [7, 11) is 0. The molecule has 0 aromatic heterocycles. The van der Waals surface area contributed by atoms with Crippen molar-refractivity contribution in [1.82, 2.24) is 0 Å². The van der Waals surface area contributed by atoms with E-state index in [4.69, 9.17) is 10.5 Å². The van der Waals surface area contributed by atoms with E-state index < -0.39 is 0 Å². The first-order valence-electron chi connectivity index (χ1n) is 7.35. The summed E-state index contributed by atoms with van der Waals surface area (Å²) in [6, 6.07) is 13.9. The molecule has 2 aromatic carbocycles. The lowest BCUT2D eigenvalue weighted by atomic mass is 10.0. The Morgan fingerprint density at radius 3 is 2.71 bits per heavy atom. The number of hydrogen-bond donors (Lipinski definition) is 1. The van der Waals surface area contributed by atoms with Gasteiger partial charge in [0.05, 0.1) is 24.8 Å². The van der Waals surface area contributed by atoms with E-state index in [1.807, 2.05) is 42.2 Å². The third-order valence-electron chi connectivity index (χ3n) is 4.08. The number of anilines is 1. The van der Waals surface area contributed by atoms with Crippen LogP contribution < -0.4 is 10.6 Å². The van der Waals surface area contributed by atoms with E-state index >= 15 is 0 Å². The predicted molar refractivity (Wildman–Crippen MR) is 84.3 cm³/mol. The van der Waals surface area contributed by atoms with Gasteiger partial charge in [-0.05, 0) is 18.4 Å². The molecule has 3 rings (SSSR count). The predicted octanol–water partition coefficient (Wildman–Crippen LogP) is 2.17. The third-order valence-corrected chi connectivity index (χ3v) is 4.08. The van der Waals surface area contributed by atoms with Crippen molar-refractivity contribution in [2.75, 3.05) is 24.7 Å². The Morgan fingerprint density at radius 1 is 1.24 bits per heavy atom. The first-order valence-corrected chi connectivity index (χ1v) is 7.35. The van der Waals surface area contributed by atoms with Crippen molar-refractivity contribution in [2.45, 2.75) is 13.0 Å². The molecule has 1 heterocycles. The quantitative estimate of drug-likeness (QED) is 0.939. The summed E-state index contributed by atoms with van der Waals surface area (Å²) >= 11 is 0. The summed E-state index contributed by atoms with van der Waals surface area (Å²) in [5.74, 6) is -0.192. The van der Waals surface area contributed by atoms with Gasteiger partial charge >= 0.3 is 0 Å². The first kappa shape index (κ1) is 14.0. The van der Waals surface area contributed by atoms with Gasteiger partial charge in [-0.2, -0.15) is 0 Å². The maximum absolute atomic E-state index is 12.8. The van der Waals surface area contributed by atoms with Crippen LogP contribution in [0.25, 0.3) is 10.8 Å². The zero-order valence-corrected chi connectivity index (χ0v) is 12.2. The Kier molecular flexibility index (Phi) is 3.90. The number of fused-ring (bicyclic) bond motifs is 1. The lowest BCUT2D eigenvalue weighted by Crippen LogP contribution is -2.43. The minimum Gasteiger partial charge on any atom is -0.379 e. The number of benzene rings is 2. The minimum atomic E-state index is -0.246. The lowest BCUT2D eigenvalue weighted by Gasteiger charge is -2.26. The number of nitrogens with two attached hydrogens (primary N) is 1. The zero-order chi connectivity index (χ0) is 14.8. The maximum Gasteiger partial charge on any atom is 0.234 e. The summed E-state index contributed by atoms with van der Waals surface area (Å²) in [5, 5.41) is 2.22. The Bertz CT molecular complexity index is 651. The van der Waals surface area contributed by atoms with E-state index in [2.05, 4.69) is 12.1 Å². The van der Waals surface area contributed by atoms with E-state index in [0.717, 1.165) is 16.5 Å². The van der Waals surface area contributed by atoms with Gasteiger partial charge in [0.25, 0.3) is 0 Å². The molecule has 0 bridgehead atoms. The van der Waals surface area contributed by atoms with E-state index in [9.17, 15) is 4.79 Å². The topological polar surface area (TPSA) is 55.6 Å². The lowest BCUT2D eigenvalue weighted by molar-refractivity contribution is -0.122. The van der Waals surface area contributed by atoms with Gasteiger partial charge in [-0.25, -0.2) is 0 Å². The minimum absolute atomic E-state index is 0.0545. The number of carbonyl (C=O) groups excluding carboxylic acids is 1. The van der Waals surface area contributed by atoms with Crippen LogP contribution in [0.5, 0.6) is 0 Å². The molecular weight excluding hydrogens is 264 g/mol. The van der Waals surface area contributed by atoms with Gasteiger partial charge in [-0.3, -0.25) is 4.79 Å². The molecule has 110 valence electrons. The molecule has 2 N–H and O–H groups in total. The molecular formula is C17H20N2O2. The van der Waals surface area contributed by atoms with E-state index in [1.54, 1.807) is 0 Å². The second-order valence-corrected chi connectivity index (χ2v) is 5.39. The van der Waals surface area contributed by atoms with Crippen molar-refractivity contribution < 1.29 is 9.53 Å². The van der Waals surface area contributed by atoms with Crippen LogP contribution in [-0.4, -0.2) is 31.7 Å². The van der Waals surface area contributed by atoms with E-state index in [-0.39, 0.29) is 17.9 Å². The Hall–Kier alpha value is -1.91. The molecule has 4 heteroatoms. The van der Waals surface area contributed by atoms with Gasteiger partial charge < -0.3 is 15.4 Å². The summed E-state index contributed by atoms with van der Waals surface area (Å²) < 4.78 is 5.34. The van der Waals surface area contributed by atoms with Crippen LogP contribution in [0.4, 0.5) is 5.69 Å². The molecule has 1 saturated heterocycles. The highest BCUT2D eigenvalue weighted by Crippen LogP contribution is 2.28. The molecule has 0 radical (unpaired) electrons. The highest BCUT2D eigenvalue weighted by Gasteiger charge is 2.34. The third kappa shape index (κ3) is 2.52. The maximum atomic E-state index is 12.8. The molecule has 0 saturated carbocycles. The molecule has 21 heavy (non-hydrogen) atoms. The average Bonchev–Trinajstić information content (AvgIpc) is 2.94. The number of carbonyl (C=O) groups is 1. The summed E-state index contributed by atoms with van der Waals surface area (Å²) in [4.78, 5) is 14.6. The van der Waals surface area contributed by atoms with Crippen LogP contribution >= 0.6 is 0 Å². The molecule has 1 aliphatic heterocycles. The molecule has 4 nitrogen and oxygen atoms in total. The number of nitrogens with zero attached hydrogens (tertiary/aromatic N) is 1. The molecule has 0 aliphatic carbocycles. The van der Waals surface area contributed by atoms with Gasteiger partial charge in [0.15, 0.2) is 0 Å². The van der Waals surface area contributed by atoms with Crippen molar-refractivity contribution in [2.24, 2.45) is 11.7 Å². The second kappa shape index (κ2) is 5.84. The highest BCUT2D eigenvalue weighted by atomic mass is 16.5. The van der Waals surface area contributed by atoms with Crippen LogP contribution in [0, 0.1) is 5.92 Å². The molecule has 0 spiro atoms. The highest BCUT2D eigenvalue weighted by molar-refractivity contribution is 6.04. The van der Waals surface area contributed by atoms with E-state index in [1.165, 1.54) is 0 Å². The van der Waals surface area contributed by atoms with Crippen LogP contribution in [0.15, 0.2) is 42.5 Å². The molecule has 1 fully saturated rings. The fourth-order valence-electron chi connectivity index (χ4n) is 2.91. The Balaban J connectivity index is 2.00. The summed E-state index contributed by atoms with van der Waals surface area (Å²) in [6.45, 7) is 3.49. The number of rotatable bonds is 3. The Labute approximate surface area is 124 Å².